The molecule has 2 rings (SSSR count). The predicted molar refractivity (Wildman–Crippen MR) is 103 cm³/mol. The van der Waals surface area contributed by atoms with Crippen LogP contribution in [0.15, 0.2) is 44.9 Å². The number of carbonyl (C=O) groups excluding carboxylic acids is 1. The predicted octanol–water partition coefficient (Wildman–Crippen LogP) is 4.78. The molecule has 0 spiro atoms. The van der Waals surface area contributed by atoms with Crippen LogP contribution in [-0.4, -0.2) is 18.1 Å². The fraction of sp³-hybridized carbons (Fsp3) is 0.111. The molecule has 0 aliphatic heterocycles. The quantitative estimate of drug-likeness (QED) is 0.502. The number of aryl methyl sites for hydroxylation is 1. The highest BCUT2D eigenvalue weighted by Crippen LogP contribution is 2.42. The lowest BCUT2D eigenvalue weighted by molar-refractivity contribution is -0.112. The number of anilines is 1. The van der Waals surface area contributed by atoms with Crippen LogP contribution in [0.4, 0.5) is 5.69 Å². The Balaban J connectivity index is 2.37. The van der Waals surface area contributed by atoms with Gasteiger partial charge >= 0.3 is 0 Å². The number of phenols is 1. The summed E-state index contributed by atoms with van der Waals surface area (Å²) in [5.74, 6) is -0.381. The maximum absolute atomic E-state index is 12.3. The van der Waals surface area contributed by atoms with Gasteiger partial charge < -0.3 is 15.2 Å². The first-order chi connectivity index (χ1) is 11.9. The van der Waals surface area contributed by atoms with E-state index in [4.69, 9.17) is 4.74 Å². The van der Waals surface area contributed by atoms with E-state index in [2.05, 4.69) is 37.2 Å². The monoisotopic (exact) mass is 464 g/mol. The number of carbonyl (C=O) groups is 1. The van der Waals surface area contributed by atoms with Crippen molar-refractivity contribution in [3.63, 3.8) is 0 Å². The Labute approximate surface area is 162 Å². The van der Waals surface area contributed by atoms with Gasteiger partial charge in [-0.25, -0.2) is 0 Å². The number of nitrogens with one attached hydrogen (secondary N) is 1. The molecule has 0 saturated carbocycles. The van der Waals surface area contributed by atoms with E-state index in [0.717, 1.165) is 5.56 Å². The van der Waals surface area contributed by atoms with Crippen molar-refractivity contribution in [1.82, 2.24) is 0 Å². The minimum absolute atomic E-state index is 0.0749. The van der Waals surface area contributed by atoms with Gasteiger partial charge in [0, 0.05) is 10.2 Å². The smallest absolute Gasteiger partial charge is 0.266 e. The van der Waals surface area contributed by atoms with E-state index in [1.165, 1.54) is 19.3 Å². The summed E-state index contributed by atoms with van der Waals surface area (Å²) in [6, 6.07) is 10.7. The number of nitriles is 1. The Hall–Kier alpha value is -2.30. The van der Waals surface area contributed by atoms with Crippen molar-refractivity contribution in [3.05, 3.63) is 56.0 Å². The van der Waals surface area contributed by atoms with Crippen LogP contribution in [0.3, 0.4) is 0 Å². The largest absolute Gasteiger partial charge is 0.503 e. The second-order valence-corrected chi connectivity index (χ2v) is 6.72. The number of benzene rings is 2. The molecule has 0 atom stereocenters. The van der Waals surface area contributed by atoms with Crippen LogP contribution < -0.4 is 10.1 Å². The first-order valence-electron chi connectivity index (χ1n) is 7.12. The zero-order chi connectivity index (χ0) is 18.6. The van der Waals surface area contributed by atoms with Gasteiger partial charge in [-0.3, -0.25) is 4.79 Å². The lowest BCUT2D eigenvalue weighted by atomic mass is 10.1. The molecule has 2 aromatic rings. The minimum atomic E-state index is -0.526. The molecular weight excluding hydrogens is 452 g/mol. The Morgan fingerprint density at radius 1 is 1.28 bits per heavy atom. The summed E-state index contributed by atoms with van der Waals surface area (Å²) in [6.45, 7) is 1.94. The topological polar surface area (TPSA) is 82.3 Å². The highest BCUT2D eigenvalue weighted by molar-refractivity contribution is 9.13. The Morgan fingerprint density at radius 2 is 1.92 bits per heavy atom. The highest BCUT2D eigenvalue weighted by Gasteiger charge is 2.16. The molecule has 7 heteroatoms. The first-order valence-corrected chi connectivity index (χ1v) is 8.70. The molecule has 0 unspecified atom stereocenters. The van der Waals surface area contributed by atoms with E-state index in [1.807, 2.05) is 25.1 Å². The number of methoxy groups -OCH3 is 1. The number of rotatable bonds is 4. The van der Waals surface area contributed by atoms with Crippen LogP contribution in [-0.2, 0) is 4.79 Å². The summed E-state index contributed by atoms with van der Waals surface area (Å²) < 4.78 is 5.96. The molecular formula is C18H14Br2N2O3. The van der Waals surface area contributed by atoms with Gasteiger partial charge in [-0.05, 0) is 68.6 Å². The number of phenolic OH excluding ortho intramolecular Hbond substituents is 1. The zero-order valence-corrected chi connectivity index (χ0v) is 16.6. The van der Waals surface area contributed by atoms with Gasteiger partial charge in [-0.2, -0.15) is 5.26 Å². The SMILES string of the molecule is COc1cc(/C=C(/C#N)C(=O)Nc2ccc(C)cc2)c(Br)c(Br)c1O. The first kappa shape index (κ1) is 19.0. The van der Waals surface area contributed by atoms with Gasteiger partial charge in [0.1, 0.15) is 11.6 Å². The Kier molecular flexibility index (Phi) is 6.23. The van der Waals surface area contributed by atoms with E-state index in [-0.39, 0.29) is 17.1 Å². The van der Waals surface area contributed by atoms with Crippen LogP contribution in [0.5, 0.6) is 11.5 Å². The Morgan fingerprint density at radius 3 is 2.48 bits per heavy atom. The molecule has 128 valence electrons. The van der Waals surface area contributed by atoms with Crippen molar-refractivity contribution in [2.24, 2.45) is 0 Å². The molecule has 0 bridgehead atoms. The molecule has 0 heterocycles. The number of hydrogen-bond donors (Lipinski definition) is 2. The van der Waals surface area contributed by atoms with Crippen LogP contribution in [0.2, 0.25) is 0 Å². The summed E-state index contributed by atoms with van der Waals surface area (Å²) in [6.07, 6.45) is 1.42. The maximum Gasteiger partial charge on any atom is 0.266 e. The Bertz CT molecular complexity index is 885. The maximum atomic E-state index is 12.3. The molecule has 1 amide bonds. The van der Waals surface area contributed by atoms with Gasteiger partial charge in [-0.1, -0.05) is 17.7 Å². The average molecular weight is 466 g/mol. The average Bonchev–Trinajstić information content (AvgIpc) is 2.61. The van der Waals surface area contributed by atoms with Gasteiger partial charge in [0.05, 0.1) is 11.6 Å². The van der Waals surface area contributed by atoms with Crippen LogP contribution in [0.1, 0.15) is 11.1 Å². The van der Waals surface area contributed by atoms with Crippen molar-refractivity contribution in [3.8, 4) is 17.6 Å². The van der Waals surface area contributed by atoms with Crippen LogP contribution in [0, 0.1) is 18.3 Å². The van der Waals surface area contributed by atoms with Crippen molar-refractivity contribution in [2.75, 3.05) is 12.4 Å². The number of nitrogens with zero attached hydrogens (tertiary/aromatic N) is 1. The molecule has 0 aromatic heterocycles. The van der Waals surface area contributed by atoms with Crippen molar-refractivity contribution in [1.29, 1.82) is 5.26 Å². The summed E-state index contributed by atoms with van der Waals surface area (Å²) in [4.78, 5) is 12.3. The third-order valence-corrected chi connectivity index (χ3v) is 5.53. The summed E-state index contributed by atoms with van der Waals surface area (Å²) in [5.41, 5.74) is 2.09. The number of amides is 1. The van der Waals surface area contributed by atoms with Gasteiger partial charge in [0.2, 0.25) is 0 Å². The fourth-order valence-corrected chi connectivity index (χ4v) is 2.85. The lowest BCUT2D eigenvalue weighted by Crippen LogP contribution is -2.13. The second-order valence-electron chi connectivity index (χ2n) is 5.13. The molecule has 0 aliphatic carbocycles. The molecule has 0 saturated heterocycles. The van der Waals surface area contributed by atoms with Crippen LogP contribution >= 0.6 is 31.9 Å². The van der Waals surface area contributed by atoms with E-state index in [1.54, 1.807) is 12.1 Å². The summed E-state index contributed by atoms with van der Waals surface area (Å²) >= 11 is 6.57. The van der Waals surface area contributed by atoms with E-state index >= 15 is 0 Å². The van der Waals surface area contributed by atoms with Gasteiger partial charge in [0.15, 0.2) is 11.5 Å². The molecule has 2 N–H and O–H groups in total. The summed E-state index contributed by atoms with van der Waals surface area (Å²) in [7, 11) is 1.41. The third kappa shape index (κ3) is 4.41. The van der Waals surface area contributed by atoms with E-state index in [0.29, 0.717) is 20.2 Å². The molecule has 25 heavy (non-hydrogen) atoms. The van der Waals surface area contributed by atoms with E-state index < -0.39 is 5.91 Å². The van der Waals surface area contributed by atoms with Crippen molar-refractivity contribution < 1.29 is 14.6 Å². The van der Waals surface area contributed by atoms with Gasteiger partial charge in [-0.15, -0.1) is 0 Å². The summed E-state index contributed by atoms with van der Waals surface area (Å²) in [5, 5.41) is 22.0. The number of ether oxygens (including phenoxy) is 1. The molecule has 5 nitrogen and oxygen atoms in total. The molecule has 0 aliphatic rings. The van der Waals surface area contributed by atoms with Gasteiger partial charge in [0.25, 0.3) is 5.91 Å². The number of aromatic hydroxyl groups is 1. The normalized spacial score (nSPS) is 10.9. The third-order valence-electron chi connectivity index (χ3n) is 3.37. The second kappa shape index (κ2) is 8.19. The van der Waals surface area contributed by atoms with E-state index in [9.17, 15) is 15.2 Å². The molecule has 0 radical (unpaired) electrons. The molecule has 2 aromatic carbocycles. The highest BCUT2D eigenvalue weighted by atomic mass is 79.9. The van der Waals surface area contributed by atoms with Crippen molar-refractivity contribution in [2.45, 2.75) is 6.92 Å². The van der Waals surface area contributed by atoms with Crippen LogP contribution in [0.25, 0.3) is 6.08 Å². The lowest BCUT2D eigenvalue weighted by Gasteiger charge is -2.10. The zero-order valence-electron chi connectivity index (χ0n) is 13.4. The fourth-order valence-electron chi connectivity index (χ4n) is 2.01. The molecule has 0 fully saturated rings. The van der Waals surface area contributed by atoms with Crippen molar-refractivity contribution >= 4 is 49.5 Å². The standard InChI is InChI=1S/C18H14Br2N2O3/c1-10-3-5-13(6-4-10)22-18(24)12(9-21)7-11-8-14(25-2)17(23)16(20)15(11)19/h3-8,23H,1-2H3,(H,22,24)/b12-7-. The minimum Gasteiger partial charge on any atom is -0.503 e. The number of halogens is 2. The number of hydrogen-bond acceptors (Lipinski definition) is 4.